The molecule has 0 bridgehead atoms. The topological polar surface area (TPSA) is 74.1 Å². The van der Waals surface area contributed by atoms with Gasteiger partial charge in [-0.1, -0.05) is 12.1 Å². The SMILES string of the molecule is O=C1OC2(CCC(C(=O)Cc3ccn(-c4ccccc4F)n3)CC2)c2cnccc21. The Labute approximate surface area is 172 Å². The van der Waals surface area contributed by atoms with Gasteiger partial charge < -0.3 is 4.74 Å². The Balaban J connectivity index is 1.25. The molecule has 1 saturated carbocycles. The number of pyridine rings is 1. The van der Waals surface area contributed by atoms with Gasteiger partial charge in [-0.25, -0.2) is 13.9 Å². The molecule has 2 aromatic heterocycles. The molecule has 0 radical (unpaired) electrons. The number of carbonyl (C=O) groups is 2. The zero-order chi connectivity index (χ0) is 20.7. The summed E-state index contributed by atoms with van der Waals surface area (Å²) in [6, 6.07) is 9.82. The van der Waals surface area contributed by atoms with Crippen LogP contribution in [-0.2, 0) is 21.6 Å². The van der Waals surface area contributed by atoms with Gasteiger partial charge in [0.05, 0.1) is 17.7 Å². The third kappa shape index (κ3) is 3.10. The van der Waals surface area contributed by atoms with Crippen LogP contribution in [0.5, 0.6) is 0 Å². The Kier molecular flexibility index (Phi) is 4.46. The number of hydrogen-bond acceptors (Lipinski definition) is 5. The van der Waals surface area contributed by atoms with Gasteiger partial charge in [0.15, 0.2) is 0 Å². The molecule has 7 heteroatoms. The molecule has 1 fully saturated rings. The predicted molar refractivity (Wildman–Crippen MR) is 106 cm³/mol. The second-order valence-electron chi connectivity index (χ2n) is 7.93. The minimum Gasteiger partial charge on any atom is -0.450 e. The molecule has 3 heterocycles. The average Bonchev–Trinajstić information content (AvgIpc) is 3.32. The number of benzene rings is 1. The smallest absolute Gasteiger partial charge is 0.339 e. The highest BCUT2D eigenvalue weighted by atomic mass is 19.1. The van der Waals surface area contributed by atoms with Crippen molar-refractivity contribution < 1.29 is 18.7 Å². The molecule has 152 valence electrons. The van der Waals surface area contributed by atoms with Crippen LogP contribution in [0.25, 0.3) is 5.69 Å². The van der Waals surface area contributed by atoms with Crippen molar-refractivity contribution in [3.05, 3.63) is 77.6 Å². The molecule has 1 aliphatic heterocycles. The molecule has 0 saturated heterocycles. The Morgan fingerprint density at radius 1 is 1.20 bits per heavy atom. The number of nitrogens with zero attached hydrogens (tertiary/aromatic N) is 3. The van der Waals surface area contributed by atoms with Crippen molar-refractivity contribution >= 4 is 11.8 Å². The number of Topliss-reactive ketones (excluding diaryl/α,β-unsaturated/α-hetero) is 1. The highest BCUT2D eigenvalue weighted by Gasteiger charge is 2.48. The van der Waals surface area contributed by atoms with Crippen molar-refractivity contribution in [2.24, 2.45) is 5.92 Å². The first kappa shape index (κ1) is 18.7. The number of esters is 1. The first-order valence-electron chi connectivity index (χ1n) is 10.1. The van der Waals surface area contributed by atoms with Gasteiger partial charge in [0, 0.05) is 30.1 Å². The van der Waals surface area contributed by atoms with Crippen LogP contribution in [0.3, 0.4) is 0 Å². The van der Waals surface area contributed by atoms with Gasteiger partial charge in [-0.05, 0) is 49.9 Å². The summed E-state index contributed by atoms with van der Waals surface area (Å²) in [5.74, 6) is -0.666. The van der Waals surface area contributed by atoms with Crippen LogP contribution in [0.2, 0.25) is 0 Å². The maximum atomic E-state index is 13.9. The van der Waals surface area contributed by atoms with E-state index in [4.69, 9.17) is 4.74 Å². The molecule has 0 N–H and O–H groups in total. The zero-order valence-electron chi connectivity index (χ0n) is 16.3. The largest absolute Gasteiger partial charge is 0.450 e. The molecule has 30 heavy (non-hydrogen) atoms. The van der Waals surface area contributed by atoms with Gasteiger partial charge >= 0.3 is 5.97 Å². The number of fused-ring (bicyclic) bond motifs is 2. The van der Waals surface area contributed by atoms with Gasteiger partial charge in [-0.15, -0.1) is 0 Å². The van der Waals surface area contributed by atoms with Crippen LogP contribution < -0.4 is 0 Å². The van der Waals surface area contributed by atoms with E-state index in [9.17, 15) is 14.0 Å². The lowest BCUT2D eigenvalue weighted by molar-refractivity contribution is -0.125. The third-order valence-electron chi connectivity index (χ3n) is 6.17. The van der Waals surface area contributed by atoms with E-state index in [2.05, 4.69) is 10.1 Å². The van der Waals surface area contributed by atoms with Gasteiger partial charge in [-0.3, -0.25) is 9.78 Å². The maximum absolute atomic E-state index is 13.9. The molecular weight excluding hydrogens is 385 g/mol. The first-order valence-corrected chi connectivity index (χ1v) is 10.1. The van der Waals surface area contributed by atoms with Crippen LogP contribution >= 0.6 is 0 Å². The van der Waals surface area contributed by atoms with Crippen molar-refractivity contribution in [1.82, 2.24) is 14.8 Å². The molecule has 6 nitrogen and oxygen atoms in total. The summed E-state index contributed by atoms with van der Waals surface area (Å²) in [5.41, 5.74) is 1.73. The van der Waals surface area contributed by atoms with E-state index in [0.717, 1.165) is 5.56 Å². The summed E-state index contributed by atoms with van der Waals surface area (Å²) in [7, 11) is 0. The monoisotopic (exact) mass is 405 g/mol. The van der Waals surface area contributed by atoms with E-state index in [1.807, 2.05) is 0 Å². The number of halogens is 1. The average molecular weight is 405 g/mol. The van der Waals surface area contributed by atoms with E-state index in [1.54, 1.807) is 48.9 Å². The molecule has 2 aliphatic rings. The molecule has 1 aliphatic carbocycles. The number of ketones is 1. The van der Waals surface area contributed by atoms with Crippen molar-refractivity contribution in [3.63, 3.8) is 0 Å². The van der Waals surface area contributed by atoms with Crippen molar-refractivity contribution in [2.75, 3.05) is 0 Å². The zero-order valence-corrected chi connectivity index (χ0v) is 16.3. The molecule has 0 atom stereocenters. The van der Waals surface area contributed by atoms with Gasteiger partial charge in [0.25, 0.3) is 0 Å². The van der Waals surface area contributed by atoms with Gasteiger partial charge in [0.2, 0.25) is 0 Å². The lowest BCUT2D eigenvalue weighted by Gasteiger charge is -2.35. The van der Waals surface area contributed by atoms with E-state index in [0.29, 0.717) is 42.6 Å². The summed E-state index contributed by atoms with van der Waals surface area (Å²) in [6.45, 7) is 0. The molecule has 1 spiro atoms. The fraction of sp³-hybridized carbons (Fsp3) is 0.304. The number of hydrogen-bond donors (Lipinski definition) is 0. The Morgan fingerprint density at radius 3 is 2.80 bits per heavy atom. The van der Waals surface area contributed by atoms with Crippen molar-refractivity contribution in [2.45, 2.75) is 37.7 Å². The maximum Gasteiger partial charge on any atom is 0.339 e. The predicted octanol–water partition coefficient (Wildman–Crippen LogP) is 3.77. The fourth-order valence-corrected chi connectivity index (χ4v) is 4.55. The highest BCUT2D eigenvalue weighted by molar-refractivity contribution is 5.94. The van der Waals surface area contributed by atoms with E-state index in [1.165, 1.54) is 10.7 Å². The third-order valence-corrected chi connectivity index (χ3v) is 6.17. The molecule has 3 aromatic rings. The summed E-state index contributed by atoms with van der Waals surface area (Å²) in [6.07, 6.45) is 7.68. The number of para-hydroxylation sites is 1. The molecule has 0 unspecified atom stereocenters. The Hall–Kier alpha value is -3.35. The van der Waals surface area contributed by atoms with E-state index >= 15 is 0 Å². The fourth-order valence-electron chi connectivity index (χ4n) is 4.55. The van der Waals surface area contributed by atoms with Crippen molar-refractivity contribution in [1.29, 1.82) is 0 Å². The molecule has 5 rings (SSSR count). The molecule has 1 aromatic carbocycles. The number of rotatable bonds is 4. The van der Waals surface area contributed by atoms with Gasteiger partial charge in [0.1, 0.15) is 22.9 Å². The minimum atomic E-state index is -0.649. The second-order valence-corrected chi connectivity index (χ2v) is 7.93. The van der Waals surface area contributed by atoms with Crippen LogP contribution in [0.4, 0.5) is 4.39 Å². The number of carbonyl (C=O) groups excluding carboxylic acids is 2. The lowest BCUT2D eigenvalue weighted by atomic mass is 9.73. The summed E-state index contributed by atoms with van der Waals surface area (Å²) < 4.78 is 21.1. The summed E-state index contributed by atoms with van der Waals surface area (Å²) in [5, 5.41) is 4.36. The number of aromatic nitrogens is 3. The van der Waals surface area contributed by atoms with E-state index < -0.39 is 5.60 Å². The summed E-state index contributed by atoms with van der Waals surface area (Å²) >= 11 is 0. The quantitative estimate of drug-likeness (QED) is 0.618. The van der Waals surface area contributed by atoms with E-state index in [-0.39, 0.29) is 29.9 Å². The van der Waals surface area contributed by atoms with Crippen molar-refractivity contribution in [3.8, 4) is 5.69 Å². The molecular formula is C23H20FN3O3. The van der Waals surface area contributed by atoms with Crippen LogP contribution in [0, 0.1) is 11.7 Å². The van der Waals surface area contributed by atoms with Crippen LogP contribution in [-0.4, -0.2) is 26.5 Å². The van der Waals surface area contributed by atoms with Crippen LogP contribution in [0.1, 0.15) is 47.3 Å². The summed E-state index contributed by atoms with van der Waals surface area (Å²) in [4.78, 5) is 29.2. The minimum absolute atomic E-state index is 0.103. The Morgan fingerprint density at radius 2 is 2.00 bits per heavy atom. The normalized spacial score (nSPS) is 22.7. The first-order chi connectivity index (χ1) is 14.6. The standard InChI is InChI=1S/C23H20FN3O3/c24-19-3-1-2-4-20(19)27-12-8-16(26-27)13-21(28)15-5-9-23(10-6-15)18-14-25-11-7-17(18)22(29)30-23/h1-4,7-8,11-12,14-15H,5-6,9-10,13H2. The second kappa shape index (κ2) is 7.16. The highest BCUT2D eigenvalue weighted by Crippen LogP contribution is 2.48. The van der Waals surface area contributed by atoms with Gasteiger partial charge in [-0.2, -0.15) is 5.10 Å². The van der Waals surface area contributed by atoms with Crippen LogP contribution in [0.15, 0.2) is 55.0 Å². The Bertz CT molecular complexity index is 1130. The number of ether oxygens (including phenoxy) is 1. The lowest BCUT2D eigenvalue weighted by Crippen LogP contribution is -2.34. The molecule has 0 amide bonds.